The van der Waals surface area contributed by atoms with Crippen LogP contribution in [0.1, 0.15) is 37.7 Å². The van der Waals surface area contributed by atoms with Crippen molar-refractivity contribution in [3.8, 4) is 0 Å². The van der Waals surface area contributed by atoms with Crippen molar-refractivity contribution >= 4 is 11.8 Å². The van der Waals surface area contributed by atoms with E-state index in [9.17, 15) is 0 Å². The third-order valence-electron chi connectivity index (χ3n) is 4.13. The van der Waals surface area contributed by atoms with Crippen molar-refractivity contribution in [1.29, 1.82) is 0 Å². The van der Waals surface area contributed by atoms with Crippen LogP contribution in [0.5, 0.6) is 0 Å². The highest BCUT2D eigenvalue weighted by Gasteiger charge is 2.27. The van der Waals surface area contributed by atoms with Crippen molar-refractivity contribution in [2.45, 2.75) is 54.7 Å². The standard InChI is InChI=1S/C15H21NS/c16-13-6-3-4-11(8-13)9-14-10-12-5-1-2-7-15(12)17-14/h1-2,5,7,11,13-14H,3-4,6,8-10,16H2. The Morgan fingerprint density at radius 2 is 2.12 bits per heavy atom. The SMILES string of the molecule is NC1CCCC(CC2Cc3ccccc3S2)C1. The molecule has 2 N–H and O–H groups in total. The van der Waals surface area contributed by atoms with Crippen molar-refractivity contribution in [3.63, 3.8) is 0 Å². The first-order valence-electron chi connectivity index (χ1n) is 6.81. The molecule has 1 aliphatic carbocycles. The largest absolute Gasteiger partial charge is 0.328 e. The molecule has 1 nitrogen and oxygen atoms in total. The fourth-order valence-corrected chi connectivity index (χ4v) is 4.75. The van der Waals surface area contributed by atoms with E-state index in [1.54, 1.807) is 5.56 Å². The summed E-state index contributed by atoms with van der Waals surface area (Å²) >= 11 is 2.09. The molecule has 1 aliphatic heterocycles. The van der Waals surface area contributed by atoms with E-state index in [0.717, 1.165) is 11.2 Å². The van der Waals surface area contributed by atoms with Crippen molar-refractivity contribution in [2.75, 3.05) is 0 Å². The third kappa shape index (κ3) is 2.69. The van der Waals surface area contributed by atoms with Crippen LogP contribution in [-0.2, 0) is 6.42 Å². The molecule has 1 aromatic carbocycles. The van der Waals surface area contributed by atoms with Gasteiger partial charge in [0.05, 0.1) is 0 Å². The minimum Gasteiger partial charge on any atom is -0.328 e. The van der Waals surface area contributed by atoms with Crippen LogP contribution < -0.4 is 5.73 Å². The summed E-state index contributed by atoms with van der Waals surface area (Å²) < 4.78 is 0. The number of hydrogen-bond donors (Lipinski definition) is 1. The predicted octanol–water partition coefficient (Wildman–Crippen LogP) is 3.61. The number of rotatable bonds is 2. The summed E-state index contributed by atoms with van der Waals surface area (Å²) in [5.74, 6) is 0.880. The molecule has 0 radical (unpaired) electrons. The van der Waals surface area contributed by atoms with Crippen LogP contribution in [0.4, 0.5) is 0 Å². The van der Waals surface area contributed by atoms with Crippen LogP contribution in [0, 0.1) is 5.92 Å². The smallest absolute Gasteiger partial charge is 0.0138 e. The summed E-state index contributed by atoms with van der Waals surface area (Å²) in [5.41, 5.74) is 7.63. The van der Waals surface area contributed by atoms with E-state index < -0.39 is 0 Å². The summed E-state index contributed by atoms with van der Waals surface area (Å²) in [4.78, 5) is 1.51. The second kappa shape index (κ2) is 5.03. The molecule has 1 aromatic rings. The quantitative estimate of drug-likeness (QED) is 0.864. The first-order valence-corrected chi connectivity index (χ1v) is 7.69. The summed E-state index contributed by atoms with van der Waals surface area (Å²) in [7, 11) is 0. The molecule has 1 saturated carbocycles. The molecule has 92 valence electrons. The fraction of sp³-hybridized carbons (Fsp3) is 0.600. The van der Waals surface area contributed by atoms with Gasteiger partial charge in [-0.15, -0.1) is 11.8 Å². The number of benzene rings is 1. The zero-order valence-corrected chi connectivity index (χ0v) is 11.1. The van der Waals surface area contributed by atoms with E-state index in [4.69, 9.17) is 5.73 Å². The van der Waals surface area contributed by atoms with E-state index >= 15 is 0 Å². The van der Waals surface area contributed by atoms with Gasteiger partial charge in [0.15, 0.2) is 0 Å². The first kappa shape index (κ1) is 11.6. The van der Waals surface area contributed by atoms with Crippen LogP contribution in [0.15, 0.2) is 29.2 Å². The molecular formula is C15H21NS. The molecule has 1 fully saturated rings. The van der Waals surface area contributed by atoms with Crippen LogP contribution >= 0.6 is 11.8 Å². The highest BCUT2D eigenvalue weighted by atomic mass is 32.2. The molecule has 3 unspecified atom stereocenters. The van der Waals surface area contributed by atoms with Crippen molar-refractivity contribution < 1.29 is 0 Å². The van der Waals surface area contributed by atoms with E-state index in [1.807, 2.05) is 0 Å². The molecule has 2 aliphatic rings. The summed E-state index contributed by atoms with van der Waals surface area (Å²) in [6, 6.07) is 9.35. The van der Waals surface area contributed by atoms with Gasteiger partial charge in [-0.05, 0) is 43.2 Å². The van der Waals surface area contributed by atoms with Crippen molar-refractivity contribution in [1.82, 2.24) is 0 Å². The van der Waals surface area contributed by atoms with Gasteiger partial charge in [-0.3, -0.25) is 0 Å². The number of fused-ring (bicyclic) bond motifs is 1. The second-order valence-corrected chi connectivity index (χ2v) is 6.92. The molecule has 3 rings (SSSR count). The fourth-order valence-electron chi connectivity index (χ4n) is 3.30. The predicted molar refractivity (Wildman–Crippen MR) is 74.3 cm³/mol. The van der Waals surface area contributed by atoms with Crippen molar-refractivity contribution in [3.05, 3.63) is 29.8 Å². The Balaban J connectivity index is 1.58. The minimum absolute atomic E-state index is 0.475. The zero-order chi connectivity index (χ0) is 11.7. The van der Waals surface area contributed by atoms with Gasteiger partial charge in [0.2, 0.25) is 0 Å². The lowest BCUT2D eigenvalue weighted by molar-refractivity contribution is 0.305. The molecular weight excluding hydrogens is 226 g/mol. The average Bonchev–Trinajstić information content (AvgIpc) is 2.71. The molecule has 0 saturated heterocycles. The molecule has 0 spiro atoms. The number of thioether (sulfide) groups is 1. The van der Waals surface area contributed by atoms with Gasteiger partial charge in [0.1, 0.15) is 0 Å². The summed E-state index contributed by atoms with van der Waals surface area (Å²) in [6.07, 6.45) is 7.89. The molecule has 0 aromatic heterocycles. The van der Waals surface area contributed by atoms with E-state index in [2.05, 4.69) is 36.0 Å². The normalized spacial score (nSPS) is 32.4. The Hall–Kier alpha value is -0.470. The lowest BCUT2D eigenvalue weighted by Gasteiger charge is -2.28. The van der Waals surface area contributed by atoms with Gasteiger partial charge in [-0.25, -0.2) is 0 Å². The van der Waals surface area contributed by atoms with Gasteiger partial charge in [-0.2, -0.15) is 0 Å². The average molecular weight is 247 g/mol. The van der Waals surface area contributed by atoms with Gasteiger partial charge < -0.3 is 5.73 Å². The molecule has 17 heavy (non-hydrogen) atoms. The van der Waals surface area contributed by atoms with E-state index in [1.165, 1.54) is 43.4 Å². The van der Waals surface area contributed by atoms with Crippen LogP contribution in [0.3, 0.4) is 0 Å². The molecule has 1 heterocycles. The molecule has 2 heteroatoms. The molecule has 0 amide bonds. The Kier molecular flexibility index (Phi) is 3.44. The van der Waals surface area contributed by atoms with E-state index in [-0.39, 0.29) is 0 Å². The van der Waals surface area contributed by atoms with Crippen LogP contribution in [0.2, 0.25) is 0 Å². The maximum absolute atomic E-state index is 6.08. The topological polar surface area (TPSA) is 26.0 Å². The lowest BCUT2D eigenvalue weighted by Crippen LogP contribution is -2.29. The molecule has 3 atom stereocenters. The maximum Gasteiger partial charge on any atom is 0.0138 e. The van der Waals surface area contributed by atoms with Gasteiger partial charge in [0, 0.05) is 16.2 Å². The number of nitrogens with two attached hydrogens (primary N) is 1. The Morgan fingerprint density at radius 1 is 1.24 bits per heavy atom. The molecule has 0 bridgehead atoms. The summed E-state index contributed by atoms with van der Waals surface area (Å²) in [5, 5.41) is 0.808. The first-order chi connectivity index (χ1) is 8.31. The Morgan fingerprint density at radius 3 is 2.94 bits per heavy atom. The van der Waals surface area contributed by atoms with Crippen molar-refractivity contribution in [2.24, 2.45) is 11.7 Å². The maximum atomic E-state index is 6.08. The lowest BCUT2D eigenvalue weighted by atomic mass is 9.83. The van der Waals surface area contributed by atoms with Gasteiger partial charge in [-0.1, -0.05) is 31.0 Å². The highest BCUT2D eigenvalue weighted by molar-refractivity contribution is 8.00. The highest BCUT2D eigenvalue weighted by Crippen LogP contribution is 2.41. The minimum atomic E-state index is 0.475. The third-order valence-corrected chi connectivity index (χ3v) is 5.48. The second-order valence-electron chi connectivity index (χ2n) is 5.58. The Bertz CT molecular complexity index is 365. The monoisotopic (exact) mass is 247 g/mol. The number of hydrogen-bond acceptors (Lipinski definition) is 2. The van der Waals surface area contributed by atoms with E-state index in [0.29, 0.717) is 6.04 Å². The van der Waals surface area contributed by atoms with Gasteiger partial charge in [0.25, 0.3) is 0 Å². The van der Waals surface area contributed by atoms with Crippen LogP contribution in [-0.4, -0.2) is 11.3 Å². The summed E-state index contributed by atoms with van der Waals surface area (Å²) in [6.45, 7) is 0. The Labute approximate surface area is 108 Å². The van der Waals surface area contributed by atoms with Gasteiger partial charge >= 0.3 is 0 Å². The zero-order valence-electron chi connectivity index (χ0n) is 10.3. The van der Waals surface area contributed by atoms with Crippen LogP contribution in [0.25, 0.3) is 0 Å².